The third-order valence-electron chi connectivity index (χ3n) is 4.33. The van der Waals surface area contributed by atoms with Crippen LogP contribution in [0.1, 0.15) is 65.2 Å². The highest BCUT2D eigenvalue weighted by Crippen LogP contribution is 2.29. The molecule has 1 aliphatic rings. The first-order chi connectivity index (χ1) is 13.2. The normalized spacial score (nSPS) is 21.0. The second-order valence-corrected chi connectivity index (χ2v) is 6.99. The van der Waals surface area contributed by atoms with Gasteiger partial charge in [0.05, 0.1) is 18.8 Å². The van der Waals surface area contributed by atoms with Gasteiger partial charge in [-0.2, -0.15) is 0 Å². The zero-order valence-corrected chi connectivity index (χ0v) is 17.0. The molecule has 4 nitrogen and oxygen atoms in total. The van der Waals surface area contributed by atoms with Gasteiger partial charge in [-0.05, 0) is 51.9 Å². The van der Waals surface area contributed by atoms with E-state index in [9.17, 15) is 4.79 Å². The molecule has 0 bridgehead atoms. The van der Waals surface area contributed by atoms with E-state index in [-0.39, 0.29) is 18.6 Å². The molecule has 4 heteroatoms. The molecule has 3 atom stereocenters. The number of hydrogen-bond acceptors (Lipinski definition) is 3. The highest BCUT2D eigenvalue weighted by atomic mass is 16.6. The fourth-order valence-electron chi connectivity index (χ4n) is 2.65. The second-order valence-electron chi connectivity index (χ2n) is 6.99. The zero-order chi connectivity index (χ0) is 19.7. The van der Waals surface area contributed by atoms with Gasteiger partial charge in [0.15, 0.2) is 0 Å². The van der Waals surface area contributed by atoms with Gasteiger partial charge in [0, 0.05) is 12.5 Å². The number of epoxide rings is 1. The van der Waals surface area contributed by atoms with Crippen LogP contribution in [0.25, 0.3) is 0 Å². The molecule has 0 spiro atoms. The molecule has 152 valence electrons. The molecule has 1 heterocycles. The number of aliphatic hydroxyl groups is 1. The van der Waals surface area contributed by atoms with Crippen LogP contribution in [0.4, 0.5) is 0 Å². The Hall–Kier alpha value is -1.65. The predicted molar refractivity (Wildman–Crippen MR) is 113 cm³/mol. The Labute approximate surface area is 165 Å². The lowest BCUT2D eigenvalue weighted by atomic mass is 10.1. The first-order valence-electron chi connectivity index (χ1n) is 10.3. The van der Waals surface area contributed by atoms with E-state index in [1.165, 1.54) is 0 Å². The molecule has 0 aromatic heterocycles. The Kier molecular flexibility index (Phi) is 13.4. The van der Waals surface area contributed by atoms with Gasteiger partial charge in [-0.15, -0.1) is 0 Å². The number of carbonyl (C=O) groups is 1. The van der Waals surface area contributed by atoms with E-state index >= 15 is 0 Å². The fraction of sp³-hybridized carbons (Fsp3) is 0.609. The lowest BCUT2D eigenvalue weighted by Crippen LogP contribution is -2.34. The molecule has 3 unspecified atom stereocenters. The summed E-state index contributed by atoms with van der Waals surface area (Å²) in [5.41, 5.74) is 0. The molecule has 0 aromatic carbocycles. The lowest BCUT2D eigenvalue weighted by molar-refractivity contribution is -0.122. The molecular formula is C23H37NO3. The number of amides is 1. The fourth-order valence-corrected chi connectivity index (χ4v) is 2.65. The van der Waals surface area contributed by atoms with E-state index in [2.05, 4.69) is 60.8 Å². The van der Waals surface area contributed by atoms with Crippen LogP contribution in [-0.2, 0) is 9.53 Å². The predicted octanol–water partition coefficient (Wildman–Crippen LogP) is 4.62. The van der Waals surface area contributed by atoms with Gasteiger partial charge in [-0.1, -0.05) is 55.5 Å². The van der Waals surface area contributed by atoms with Gasteiger partial charge >= 0.3 is 0 Å². The number of rotatable bonds is 15. The molecule has 27 heavy (non-hydrogen) atoms. The minimum atomic E-state index is -0.162. The summed E-state index contributed by atoms with van der Waals surface area (Å²) < 4.78 is 5.67. The van der Waals surface area contributed by atoms with Gasteiger partial charge in [-0.25, -0.2) is 0 Å². The summed E-state index contributed by atoms with van der Waals surface area (Å²) in [4.78, 5) is 11.6. The lowest BCUT2D eigenvalue weighted by Gasteiger charge is -2.09. The molecule has 1 saturated heterocycles. The van der Waals surface area contributed by atoms with E-state index in [0.717, 1.165) is 44.9 Å². The van der Waals surface area contributed by atoms with E-state index < -0.39 is 0 Å². The second kappa shape index (κ2) is 15.4. The molecule has 2 N–H and O–H groups in total. The first-order valence-corrected chi connectivity index (χ1v) is 10.3. The Morgan fingerprint density at radius 2 is 1.59 bits per heavy atom. The maximum atomic E-state index is 11.6. The van der Waals surface area contributed by atoms with Gasteiger partial charge in [-0.3, -0.25) is 4.79 Å². The molecule has 1 rings (SSSR count). The summed E-state index contributed by atoms with van der Waals surface area (Å²) in [5.74, 6) is 0.00889. The Bertz CT molecular complexity index is 508. The van der Waals surface area contributed by atoms with Crippen molar-refractivity contribution in [2.75, 3.05) is 6.61 Å². The van der Waals surface area contributed by atoms with Gasteiger partial charge in [0.25, 0.3) is 0 Å². The number of unbranched alkanes of at least 4 members (excludes halogenated alkanes) is 1. The van der Waals surface area contributed by atoms with Crippen molar-refractivity contribution in [2.24, 2.45) is 0 Å². The van der Waals surface area contributed by atoms with E-state index in [1.54, 1.807) is 6.92 Å². The van der Waals surface area contributed by atoms with Crippen LogP contribution in [-0.4, -0.2) is 35.9 Å². The van der Waals surface area contributed by atoms with Crippen molar-refractivity contribution in [1.82, 2.24) is 5.32 Å². The summed E-state index contributed by atoms with van der Waals surface area (Å²) >= 11 is 0. The standard InChI is InChI=1S/C23H37NO3/c1-3-4-5-6-7-8-9-10-13-16-21-22(27-21)17-14-11-12-15-18-23(26)24-20(2)19-25/h4-5,7-8,10-11,13-14,20-22,25H,3,6,9,12,15-19H2,1-2H3,(H,24,26)/b5-4-,8-7-,13-10-,14-11-. The summed E-state index contributed by atoms with van der Waals surface area (Å²) in [6.45, 7) is 3.92. The number of carbonyl (C=O) groups excluding carboxylic acids is 1. The van der Waals surface area contributed by atoms with Crippen LogP contribution in [0.2, 0.25) is 0 Å². The summed E-state index contributed by atoms with van der Waals surface area (Å²) in [5, 5.41) is 11.6. The van der Waals surface area contributed by atoms with E-state index in [0.29, 0.717) is 18.6 Å². The SMILES string of the molecule is CC/C=C\C/C=C\C/C=C\CC1OC1C/C=C\CCCC(=O)NC(C)CO. The average Bonchev–Trinajstić information content (AvgIpc) is 3.41. The number of aliphatic hydroxyl groups excluding tert-OH is 1. The molecule has 0 radical (unpaired) electrons. The van der Waals surface area contributed by atoms with Gasteiger partial charge < -0.3 is 15.2 Å². The third kappa shape index (κ3) is 13.2. The molecule has 1 fully saturated rings. The van der Waals surface area contributed by atoms with Crippen LogP contribution in [0.5, 0.6) is 0 Å². The third-order valence-corrected chi connectivity index (χ3v) is 4.33. The minimum absolute atomic E-state index is 0.00889. The Morgan fingerprint density at radius 3 is 2.22 bits per heavy atom. The number of allylic oxidation sites excluding steroid dienone is 6. The topological polar surface area (TPSA) is 61.9 Å². The number of hydrogen-bond donors (Lipinski definition) is 2. The Balaban J connectivity index is 1.97. The molecule has 1 amide bonds. The van der Waals surface area contributed by atoms with Gasteiger partial charge in [0.1, 0.15) is 0 Å². The van der Waals surface area contributed by atoms with Crippen molar-refractivity contribution >= 4 is 5.91 Å². The molecular weight excluding hydrogens is 338 g/mol. The van der Waals surface area contributed by atoms with E-state index in [1.807, 2.05) is 0 Å². The maximum absolute atomic E-state index is 11.6. The molecule has 0 saturated carbocycles. The average molecular weight is 376 g/mol. The number of ether oxygens (including phenoxy) is 1. The smallest absolute Gasteiger partial charge is 0.220 e. The van der Waals surface area contributed by atoms with Gasteiger partial charge in [0.2, 0.25) is 5.91 Å². The zero-order valence-electron chi connectivity index (χ0n) is 17.0. The molecule has 0 aromatic rings. The van der Waals surface area contributed by atoms with Crippen LogP contribution < -0.4 is 5.32 Å². The highest BCUT2D eigenvalue weighted by molar-refractivity contribution is 5.76. The summed E-state index contributed by atoms with van der Waals surface area (Å²) in [6, 6.07) is -0.162. The molecule has 1 aliphatic heterocycles. The summed E-state index contributed by atoms with van der Waals surface area (Å²) in [7, 11) is 0. The monoisotopic (exact) mass is 375 g/mol. The largest absolute Gasteiger partial charge is 0.394 e. The van der Waals surface area contributed by atoms with Crippen molar-refractivity contribution in [1.29, 1.82) is 0 Å². The van der Waals surface area contributed by atoms with Crippen molar-refractivity contribution in [2.45, 2.75) is 83.5 Å². The Morgan fingerprint density at radius 1 is 1.00 bits per heavy atom. The van der Waals surface area contributed by atoms with Crippen LogP contribution in [0.15, 0.2) is 48.6 Å². The van der Waals surface area contributed by atoms with Crippen LogP contribution >= 0.6 is 0 Å². The van der Waals surface area contributed by atoms with Crippen molar-refractivity contribution in [3.8, 4) is 0 Å². The summed E-state index contributed by atoms with van der Waals surface area (Å²) in [6.07, 6.45) is 25.5. The highest BCUT2D eigenvalue weighted by Gasteiger charge is 2.35. The van der Waals surface area contributed by atoms with E-state index in [4.69, 9.17) is 9.84 Å². The maximum Gasteiger partial charge on any atom is 0.220 e. The quantitative estimate of drug-likeness (QED) is 0.249. The minimum Gasteiger partial charge on any atom is -0.394 e. The van der Waals surface area contributed by atoms with Crippen molar-refractivity contribution in [3.05, 3.63) is 48.6 Å². The molecule has 0 aliphatic carbocycles. The number of nitrogens with one attached hydrogen (secondary N) is 1. The van der Waals surface area contributed by atoms with Crippen molar-refractivity contribution < 1.29 is 14.6 Å². The van der Waals surface area contributed by atoms with Crippen LogP contribution in [0, 0.1) is 0 Å². The first kappa shape index (κ1) is 23.4. The van der Waals surface area contributed by atoms with Crippen molar-refractivity contribution in [3.63, 3.8) is 0 Å². The van der Waals surface area contributed by atoms with Crippen LogP contribution in [0.3, 0.4) is 0 Å².